The molecule has 0 unspecified atom stereocenters. The van der Waals surface area contributed by atoms with Crippen molar-refractivity contribution in [3.63, 3.8) is 0 Å². The van der Waals surface area contributed by atoms with Gasteiger partial charge in [0.15, 0.2) is 0 Å². The van der Waals surface area contributed by atoms with Gasteiger partial charge >= 0.3 is 5.97 Å². The van der Waals surface area contributed by atoms with E-state index in [0.29, 0.717) is 36.4 Å². The first-order chi connectivity index (χ1) is 12.0. The van der Waals surface area contributed by atoms with Crippen molar-refractivity contribution >= 4 is 16.0 Å². The van der Waals surface area contributed by atoms with Crippen LogP contribution in [0.25, 0.3) is 0 Å². The smallest absolute Gasteiger partial charge is 0.338 e. The van der Waals surface area contributed by atoms with Crippen LogP contribution in [0.4, 0.5) is 0 Å². The number of esters is 1. The molecule has 1 heterocycles. The fraction of sp³-hybridized carbons (Fsp3) is 0.316. The zero-order valence-corrected chi connectivity index (χ0v) is 14.9. The second-order valence-corrected chi connectivity index (χ2v) is 8.13. The van der Waals surface area contributed by atoms with Crippen LogP contribution in [-0.2, 0) is 14.8 Å². The van der Waals surface area contributed by atoms with E-state index in [9.17, 15) is 13.2 Å². The van der Waals surface area contributed by atoms with Gasteiger partial charge in [-0.25, -0.2) is 13.2 Å². The van der Waals surface area contributed by atoms with Crippen LogP contribution in [-0.4, -0.2) is 37.9 Å². The summed E-state index contributed by atoms with van der Waals surface area (Å²) < 4.78 is 32.3. The molecule has 132 valence electrons. The number of piperidine rings is 1. The third-order valence-electron chi connectivity index (χ3n) is 4.34. The minimum absolute atomic E-state index is 0.253. The first-order valence-corrected chi connectivity index (χ1v) is 9.74. The van der Waals surface area contributed by atoms with E-state index in [1.54, 1.807) is 48.5 Å². The summed E-state index contributed by atoms with van der Waals surface area (Å²) in [6, 6.07) is 15.7. The predicted molar refractivity (Wildman–Crippen MR) is 94.8 cm³/mol. The van der Waals surface area contributed by atoms with Crippen molar-refractivity contribution < 1.29 is 17.9 Å². The lowest BCUT2D eigenvalue weighted by Gasteiger charge is -2.31. The average molecular weight is 359 g/mol. The highest BCUT2D eigenvalue weighted by Crippen LogP contribution is 2.23. The summed E-state index contributed by atoms with van der Waals surface area (Å²) in [5.41, 5.74) is 1.53. The molecule has 25 heavy (non-hydrogen) atoms. The van der Waals surface area contributed by atoms with Gasteiger partial charge in [0.2, 0.25) is 10.0 Å². The maximum Gasteiger partial charge on any atom is 0.338 e. The van der Waals surface area contributed by atoms with Crippen molar-refractivity contribution in [2.24, 2.45) is 0 Å². The standard InChI is InChI=1S/C19H21NO4S/c1-15-7-9-18(10-8-15)25(22,23)20-13-11-17(12-14-20)24-19(21)16-5-3-2-4-6-16/h2-10,17H,11-14H2,1H3. The van der Waals surface area contributed by atoms with E-state index < -0.39 is 10.0 Å². The molecule has 0 spiro atoms. The summed E-state index contributed by atoms with van der Waals surface area (Å²) in [4.78, 5) is 12.4. The fourth-order valence-corrected chi connectivity index (χ4v) is 4.31. The molecular formula is C19H21NO4S. The maximum atomic E-state index is 12.7. The van der Waals surface area contributed by atoms with Gasteiger partial charge in [0.05, 0.1) is 10.5 Å². The molecule has 1 aliphatic rings. The molecule has 0 N–H and O–H groups in total. The number of hydrogen-bond donors (Lipinski definition) is 0. The first-order valence-electron chi connectivity index (χ1n) is 8.29. The van der Waals surface area contributed by atoms with Crippen molar-refractivity contribution in [3.8, 4) is 0 Å². The van der Waals surface area contributed by atoms with Gasteiger partial charge in [-0.15, -0.1) is 0 Å². The van der Waals surface area contributed by atoms with Crippen molar-refractivity contribution in [2.75, 3.05) is 13.1 Å². The lowest BCUT2D eigenvalue weighted by molar-refractivity contribution is 0.0181. The highest BCUT2D eigenvalue weighted by atomic mass is 32.2. The van der Waals surface area contributed by atoms with Gasteiger partial charge in [0.25, 0.3) is 0 Å². The fourth-order valence-electron chi connectivity index (χ4n) is 2.84. The van der Waals surface area contributed by atoms with Crippen LogP contribution in [0.3, 0.4) is 0 Å². The molecule has 1 aliphatic heterocycles. The van der Waals surface area contributed by atoms with E-state index in [1.807, 2.05) is 13.0 Å². The molecule has 0 amide bonds. The molecule has 6 heteroatoms. The molecule has 5 nitrogen and oxygen atoms in total. The number of nitrogens with zero attached hydrogens (tertiary/aromatic N) is 1. The van der Waals surface area contributed by atoms with Crippen molar-refractivity contribution in [1.82, 2.24) is 4.31 Å². The maximum absolute atomic E-state index is 12.7. The van der Waals surface area contributed by atoms with Crippen LogP contribution in [0.5, 0.6) is 0 Å². The van der Waals surface area contributed by atoms with Crippen LogP contribution < -0.4 is 0 Å². The molecule has 1 fully saturated rings. The van der Waals surface area contributed by atoms with Gasteiger partial charge < -0.3 is 4.74 Å². The Hall–Kier alpha value is -2.18. The molecule has 2 aromatic carbocycles. The van der Waals surface area contributed by atoms with E-state index in [4.69, 9.17) is 4.74 Å². The number of sulfonamides is 1. The molecule has 0 bridgehead atoms. The highest BCUT2D eigenvalue weighted by Gasteiger charge is 2.30. The number of aryl methyl sites for hydroxylation is 1. The van der Waals surface area contributed by atoms with Crippen molar-refractivity contribution in [2.45, 2.75) is 30.8 Å². The predicted octanol–water partition coefficient (Wildman–Crippen LogP) is 3.01. The number of rotatable bonds is 4. The quantitative estimate of drug-likeness (QED) is 0.787. The molecule has 0 aromatic heterocycles. The third kappa shape index (κ3) is 4.08. The second-order valence-electron chi connectivity index (χ2n) is 6.19. The monoisotopic (exact) mass is 359 g/mol. The molecule has 0 saturated carbocycles. The summed E-state index contributed by atoms with van der Waals surface area (Å²) in [7, 11) is -3.49. The Kier molecular flexibility index (Phi) is 5.20. The Morgan fingerprint density at radius 2 is 1.60 bits per heavy atom. The van der Waals surface area contributed by atoms with Crippen LogP contribution in [0.15, 0.2) is 59.5 Å². The molecular weight excluding hydrogens is 338 g/mol. The second kappa shape index (κ2) is 7.37. The van der Waals surface area contributed by atoms with Gasteiger partial charge in [-0.1, -0.05) is 35.9 Å². The Morgan fingerprint density at radius 3 is 2.20 bits per heavy atom. The Morgan fingerprint density at radius 1 is 1.00 bits per heavy atom. The van der Waals surface area contributed by atoms with Crippen LogP contribution in [0.2, 0.25) is 0 Å². The summed E-state index contributed by atoms with van der Waals surface area (Å²) in [5.74, 6) is -0.361. The van der Waals surface area contributed by atoms with E-state index >= 15 is 0 Å². The summed E-state index contributed by atoms with van der Waals surface area (Å²) in [6.45, 7) is 2.62. The number of hydrogen-bond acceptors (Lipinski definition) is 4. The zero-order chi connectivity index (χ0) is 17.9. The summed E-state index contributed by atoms with van der Waals surface area (Å²) in [6.07, 6.45) is 0.755. The zero-order valence-electron chi connectivity index (χ0n) is 14.1. The molecule has 0 radical (unpaired) electrons. The van der Waals surface area contributed by atoms with Crippen LogP contribution in [0, 0.1) is 6.92 Å². The number of benzene rings is 2. The molecule has 2 aromatic rings. The molecule has 1 saturated heterocycles. The van der Waals surface area contributed by atoms with Crippen molar-refractivity contribution in [3.05, 3.63) is 65.7 Å². The summed E-state index contributed by atoms with van der Waals surface area (Å²) in [5, 5.41) is 0. The van der Waals surface area contributed by atoms with Gasteiger partial charge in [-0.3, -0.25) is 0 Å². The lowest BCUT2D eigenvalue weighted by atomic mass is 10.1. The highest BCUT2D eigenvalue weighted by molar-refractivity contribution is 7.89. The minimum Gasteiger partial charge on any atom is -0.459 e. The molecule has 0 atom stereocenters. The minimum atomic E-state index is -3.49. The topological polar surface area (TPSA) is 63.7 Å². The van der Waals surface area contributed by atoms with E-state index in [2.05, 4.69) is 0 Å². The SMILES string of the molecule is Cc1ccc(S(=O)(=O)N2CCC(OC(=O)c3ccccc3)CC2)cc1. The Balaban J connectivity index is 1.60. The van der Waals surface area contributed by atoms with Gasteiger partial charge in [-0.2, -0.15) is 4.31 Å². The van der Waals surface area contributed by atoms with Gasteiger partial charge in [-0.05, 0) is 44.0 Å². The van der Waals surface area contributed by atoms with Crippen LogP contribution >= 0.6 is 0 Å². The lowest BCUT2D eigenvalue weighted by Crippen LogP contribution is -2.41. The normalized spacial score (nSPS) is 16.5. The average Bonchev–Trinajstić information content (AvgIpc) is 2.63. The van der Waals surface area contributed by atoms with Gasteiger partial charge in [0.1, 0.15) is 6.10 Å². The van der Waals surface area contributed by atoms with E-state index in [1.165, 1.54) is 4.31 Å². The summed E-state index contributed by atoms with van der Waals surface area (Å²) >= 11 is 0. The Bertz CT molecular complexity index is 823. The largest absolute Gasteiger partial charge is 0.459 e. The van der Waals surface area contributed by atoms with Gasteiger partial charge in [0, 0.05) is 13.1 Å². The van der Waals surface area contributed by atoms with E-state index in [-0.39, 0.29) is 12.1 Å². The number of carbonyl (C=O) groups is 1. The molecule has 3 rings (SSSR count). The Labute approximate surface area is 148 Å². The number of carbonyl (C=O) groups excluding carboxylic acids is 1. The third-order valence-corrected chi connectivity index (χ3v) is 6.26. The van der Waals surface area contributed by atoms with Crippen molar-refractivity contribution in [1.29, 1.82) is 0 Å². The van der Waals surface area contributed by atoms with Crippen LogP contribution in [0.1, 0.15) is 28.8 Å². The van der Waals surface area contributed by atoms with E-state index in [0.717, 1.165) is 5.56 Å². The number of ether oxygens (including phenoxy) is 1. The molecule has 0 aliphatic carbocycles. The first kappa shape index (κ1) is 17.6.